The average Bonchev–Trinajstić information content (AvgIpc) is 4.13. The number of hydrogen-bond donors (Lipinski definition) is 9. The maximum atomic E-state index is 11.3. The lowest BCUT2D eigenvalue weighted by molar-refractivity contribution is -0.117. The summed E-state index contributed by atoms with van der Waals surface area (Å²) in [6.07, 6.45) is 15.6. The number of nitrogen functional groups attached to an aromatic ring is 1. The number of amides is 6. The fourth-order valence-electron chi connectivity index (χ4n) is 4.81. The molecule has 5 aromatic rings. The van der Waals surface area contributed by atoms with E-state index in [9.17, 15) is 38.4 Å². The van der Waals surface area contributed by atoms with Crippen molar-refractivity contribution in [2.45, 2.75) is 60.3 Å². The molecule has 5 aromatic heterocycles. The summed E-state index contributed by atoms with van der Waals surface area (Å²) in [6, 6.07) is 3.71. The highest BCUT2D eigenvalue weighted by Crippen LogP contribution is 2.11. The second-order valence-electron chi connectivity index (χ2n) is 14.6. The SMILES string of the molecule is CCCNC=O.CCCNC=O.CNCCC(=O)Nc1cn(C)c(C)n1.CNc1cc(C=O)n(C)c1.Cc1cc(NC=O)cn1C.Cc1nc(N)cn1C.Cn1cc(NC(=O)CCNC=O)nc1C=O. The highest BCUT2D eigenvalue weighted by atomic mass is 16.2. The van der Waals surface area contributed by atoms with Crippen LogP contribution < -0.4 is 48.3 Å². The van der Waals surface area contributed by atoms with Crippen molar-refractivity contribution in [2.75, 3.05) is 67.3 Å². The molecular formula is C45H75N17O8. The van der Waals surface area contributed by atoms with Crippen LogP contribution in [0, 0.1) is 20.8 Å². The molecule has 70 heavy (non-hydrogen) atoms. The van der Waals surface area contributed by atoms with Gasteiger partial charge in [0.05, 0.1) is 17.1 Å². The number of aldehydes is 2. The van der Waals surface area contributed by atoms with Crippen molar-refractivity contribution >= 4 is 78.9 Å². The van der Waals surface area contributed by atoms with Crippen molar-refractivity contribution in [3.05, 3.63) is 72.0 Å². The third kappa shape index (κ3) is 29.5. The molecule has 0 spiro atoms. The molecule has 0 aromatic carbocycles. The van der Waals surface area contributed by atoms with E-state index in [4.69, 9.17) is 5.73 Å². The van der Waals surface area contributed by atoms with Crippen LogP contribution in [0.15, 0.2) is 43.1 Å². The zero-order chi connectivity index (χ0) is 53.4. The highest BCUT2D eigenvalue weighted by Gasteiger charge is 2.08. The Morgan fingerprint density at radius 2 is 1.07 bits per heavy atom. The summed E-state index contributed by atoms with van der Waals surface area (Å²) in [7, 11) is 12.9. The van der Waals surface area contributed by atoms with Gasteiger partial charge >= 0.3 is 0 Å². The van der Waals surface area contributed by atoms with Crippen molar-refractivity contribution in [3.8, 4) is 0 Å². The average molecular weight is 982 g/mol. The molecule has 0 unspecified atom stereocenters. The summed E-state index contributed by atoms with van der Waals surface area (Å²) in [5.74, 6) is 3.30. The molecule has 25 heteroatoms. The predicted octanol–water partition coefficient (Wildman–Crippen LogP) is 1.96. The maximum absolute atomic E-state index is 11.3. The lowest BCUT2D eigenvalue weighted by Crippen LogP contribution is -2.20. The summed E-state index contributed by atoms with van der Waals surface area (Å²) in [4.78, 5) is 94.2. The van der Waals surface area contributed by atoms with Crippen LogP contribution in [0.4, 0.5) is 28.8 Å². The van der Waals surface area contributed by atoms with Gasteiger partial charge in [-0.3, -0.25) is 38.4 Å². The smallest absolute Gasteiger partial charge is 0.227 e. The normalized spacial score (nSPS) is 9.31. The van der Waals surface area contributed by atoms with Crippen LogP contribution in [0.1, 0.15) is 78.0 Å². The Balaban J connectivity index is 0. The topological polar surface area (TPSA) is 322 Å². The van der Waals surface area contributed by atoms with E-state index in [0.29, 0.717) is 68.0 Å². The number of aromatic nitrogens is 8. The summed E-state index contributed by atoms with van der Waals surface area (Å²) in [5.41, 5.74) is 8.97. The van der Waals surface area contributed by atoms with Gasteiger partial charge in [-0.15, -0.1) is 0 Å². The maximum Gasteiger partial charge on any atom is 0.227 e. The molecule has 0 fully saturated rings. The van der Waals surface area contributed by atoms with Gasteiger partial charge in [-0.1, -0.05) is 13.8 Å². The Morgan fingerprint density at radius 1 is 0.571 bits per heavy atom. The predicted molar refractivity (Wildman–Crippen MR) is 272 cm³/mol. The molecule has 0 radical (unpaired) electrons. The first kappa shape index (κ1) is 64.0. The molecular weight excluding hydrogens is 907 g/mol. The van der Waals surface area contributed by atoms with Crippen LogP contribution in [0.5, 0.6) is 0 Å². The van der Waals surface area contributed by atoms with Gasteiger partial charge in [-0.25, -0.2) is 15.0 Å². The zero-order valence-corrected chi connectivity index (χ0v) is 42.6. The van der Waals surface area contributed by atoms with Crippen molar-refractivity contribution in [1.82, 2.24) is 59.1 Å². The number of nitrogens with one attached hydrogen (secondary N) is 8. The number of carbonyl (C=O) groups is 8. The van der Waals surface area contributed by atoms with E-state index in [0.717, 1.165) is 60.9 Å². The summed E-state index contributed by atoms with van der Waals surface area (Å²) >= 11 is 0. The molecule has 5 heterocycles. The van der Waals surface area contributed by atoms with Gasteiger partial charge in [0, 0.05) is 118 Å². The Morgan fingerprint density at radius 3 is 1.40 bits per heavy atom. The quantitative estimate of drug-likeness (QED) is 0.0398. The third-order valence-electron chi connectivity index (χ3n) is 8.86. The van der Waals surface area contributed by atoms with Gasteiger partial charge in [-0.05, 0) is 52.8 Å². The lowest BCUT2D eigenvalue weighted by Gasteiger charge is -2.00. The number of carbonyl (C=O) groups excluding carboxylic acids is 8. The molecule has 0 saturated heterocycles. The van der Waals surface area contributed by atoms with Crippen molar-refractivity contribution in [3.63, 3.8) is 0 Å². The monoisotopic (exact) mass is 982 g/mol. The van der Waals surface area contributed by atoms with E-state index in [1.165, 1.54) is 10.8 Å². The van der Waals surface area contributed by atoms with Gasteiger partial charge < -0.3 is 71.1 Å². The van der Waals surface area contributed by atoms with Crippen LogP contribution in [0.3, 0.4) is 0 Å². The minimum atomic E-state index is -0.273. The molecule has 0 atom stereocenters. The fourth-order valence-corrected chi connectivity index (χ4v) is 4.81. The number of rotatable bonds is 20. The number of imidazole rings is 3. The molecule has 5 rings (SSSR count). The number of aryl methyl sites for hydroxylation is 8. The Hall–Kier alpha value is -8.09. The second-order valence-corrected chi connectivity index (χ2v) is 14.6. The van der Waals surface area contributed by atoms with Gasteiger partial charge in [0.2, 0.25) is 37.5 Å². The van der Waals surface area contributed by atoms with E-state index in [2.05, 4.69) is 57.5 Å². The van der Waals surface area contributed by atoms with Crippen LogP contribution in [0.25, 0.3) is 0 Å². The van der Waals surface area contributed by atoms with E-state index < -0.39 is 0 Å². The van der Waals surface area contributed by atoms with Crippen molar-refractivity contribution in [1.29, 1.82) is 0 Å². The van der Waals surface area contributed by atoms with Crippen molar-refractivity contribution in [2.24, 2.45) is 35.2 Å². The molecule has 388 valence electrons. The first-order valence-corrected chi connectivity index (χ1v) is 22.0. The van der Waals surface area contributed by atoms with Gasteiger partial charge in [0.25, 0.3) is 0 Å². The fraction of sp³-hybridized carbons (Fsp3) is 0.444. The third-order valence-corrected chi connectivity index (χ3v) is 8.86. The zero-order valence-electron chi connectivity index (χ0n) is 42.6. The van der Waals surface area contributed by atoms with E-state index in [1.807, 2.05) is 109 Å². The van der Waals surface area contributed by atoms with Crippen molar-refractivity contribution < 1.29 is 38.4 Å². The summed E-state index contributed by atoms with van der Waals surface area (Å²) in [6.45, 7) is 12.3. The number of nitrogens with zero attached hydrogens (tertiary/aromatic N) is 8. The molecule has 6 amide bonds. The molecule has 0 aliphatic heterocycles. The van der Waals surface area contributed by atoms with E-state index >= 15 is 0 Å². The molecule has 10 N–H and O–H groups in total. The Bertz CT molecular complexity index is 2200. The van der Waals surface area contributed by atoms with Crippen LogP contribution >= 0.6 is 0 Å². The van der Waals surface area contributed by atoms with Gasteiger partial charge in [0.1, 0.15) is 17.5 Å². The molecule has 0 bridgehead atoms. The highest BCUT2D eigenvalue weighted by molar-refractivity contribution is 5.90. The molecule has 25 nitrogen and oxygen atoms in total. The first-order valence-electron chi connectivity index (χ1n) is 22.0. The lowest BCUT2D eigenvalue weighted by atomic mass is 10.4. The molecule has 0 aliphatic rings. The van der Waals surface area contributed by atoms with Crippen LogP contribution in [-0.2, 0) is 64.0 Å². The first-order chi connectivity index (χ1) is 33.3. The van der Waals surface area contributed by atoms with E-state index in [1.54, 1.807) is 30.1 Å². The number of anilines is 5. The van der Waals surface area contributed by atoms with Crippen LogP contribution in [0.2, 0.25) is 0 Å². The van der Waals surface area contributed by atoms with Gasteiger partial charge in [-0.2, -0.15) is 0 Å². The summed E-state index contributed by atoms with van der Waals surface area (Å²) < 4.78 is 8.99. The number of nitrogens with two attached hydrogens (primary N) is 1. The Kier molecular flexibility index (Phi) is 35.6. The van der Waals surface area contributed by atoms with Crippen LogP contribution in [-0.4, -0.2) is 128 Å². The van der Waals surface area contributed by atoms with Gasteiger partial charge in [0.15, 0.2) is 30.0 Å². The molecule has 0 saturated carbocycles. The van der Waals surface area contributed by atoms with E-state index in [-0.39, 0.29) is 30.6 Å². The minimum absolute atomic E-state index is 0.0162. The standard InChI is InChI=1S/C9H12N4O3.C9H16N4O.2C7H10N2O.C5H9N3.2C4H9NO/c1-13-4-7(11-8(13)5-14)12-9(16)2-3-10-6-15;1-7-11-8(6-13(7)3)12-9(14)4-5-10-2;1-8-6-3-7(5-10)9(2)4-6;1-6-3-7(8-5-10)4-9(6)2;1-4-7-5(6)3-8(4)2;2*1-2-3-5-4-6/h4-6H,2-3H2,1H3,(H,10,15)(H,12,16);6,10H,4-5H2,1-3H3,(H,12,14);3-5,8H,1-2H3;3-5H,1-2H3,(H,8,10);3H,6H2,1-2H3;2*4H,2-3H2,1H3,(H,5,6). The molecule has 0 aliphatic carbocycles. The second kappa shape index (κ2) is 39.0. The minimum Gasteiger partial charge on any atom is -0.387 e. The Labute approximate surface area is 410 Å². The largest absolute Gasteiger partial charge is 0.387 e. The number of hydrogen-bond acceptors (Lipinski definition) is 14. The summed E-state index contributed by atoms with van der Waals surface area (Å²) in [5, 5.41) is 21.1.